The lowest BCUT2D eigenvalue weighted by Crippen LogP contribution is -2.13. The molecule has 0 radical (unpaired) electrons. The second-order valence-electron chi connectivity index (χ2n) is 5.70. The fourth-order valence-corrected chi connectivity index (χ4v) is 3.68. The summed E-state index contributed by atoms with van der Waals surface area (Å²) >= 11 is 1.75. The molecule has 1 aliphatic heterocycles. The average molecular weight is 322 g/mol. The third-order valence-corrected chi connectivity index (χ3v) is 5.08. The summed E-state index contributed by atoms with van der Waals surface area (Å²) in [5.41, 5.74) is 3.78. The molecule has 2 aromatic carbocycles. The van der Waals surface area contributed by atoms with Gasteiger partial charge in [0.15, 0.2) is 5.16 Å². The van der Waals surface area contributed by atoms with Crippen molar-refractivity contribution in [3.63, 3.8) is 0 Å². The van der Waals surface area contributed by atoms with Crippen LogP contribution in [0.5, 0.6) is 0 Å². The molecule has 0 bridgehead atoms. The van der Waals surface area contributed by atoms with Gasteiger partial charge in [-0.2, -0.15) is 0 Å². The molecule has 0 N–H and O–H groups in total. The third kappa shape index (κ3) is 2.84. The number of aromatic nitrogens is 3. The standard InChI is InChI=1S/C18H18N4S/c1-14-7-9-15(10-8-14)13-23-18-20-19-17-21(11-12-22(17)18)16-5-3-2-4-6-16/h2-10H,11-13H2,1H3. The van der Waals surface area contributed by atoms with E-state index in [1.165, 1.54) is 16.8 Å². The number of fused-ring (bicyclic) bond motifs is 1. The summed E-state index contributed by atoms with van der Waals surface area (Å²) in [6.07, 6.45) is 0. The minimum atomic E-state index is 0.920. The van der Waals surface area contributed by atoms with Crippen molar-refractivity contribution in [2.24, 2.45) is 0 Å². The summed E-state index contributed by atoms with van der Waals surface area (Å²) in [5.74, 6) is 1.87. The predicted molar refractivity (Wildman–Crippen MR) is 94.2 cm³/mol. The SMILES string of the molecule is Cc1ccc(CSc2nnc3n2CCN3c2ccccc2)cc1. The normalized spacial score (nSPS) is 13.3. The second-order valence-corrected chi connectivity index (χ2v) is 6.64. The zero-order chi connectivity index (χ0) is 15.6. The summed E-state index contributed by atoms with van der Waals surface area (Å²) in [5, 5.41) is 9.78. The molecule has 0 aliphatic carbocycles. The van der Waals surface area contributed by atoms with Crippen LogP contribution in [-0.4, -0.2) is 21.3 Å². The van der Waals surface area contributed by atoms with E-state index >= 15 is 0 Å². The molecule has 0 saturated carbocycles. The Hall–Kier alpha value is -2.27. The van der Waals surface area contributed by atoms with Crippen molar-refractivity contribution in [2.45, 2.75) is 24.4 Å². The van der Waals surface area contributed by atoms with Crippen LogP contribution in [-0.2, 0) is 12.3 Å². The van der Waals surface area contributed by atoms with Gasteiger partial charge >= 0.3 is 0 Å². The number of hydrogen-bond acceptors (Lipinski definition) is 4. The molecule has 23 heavy (non-hydrogen) atoms. The number of nitrogens with zero attached hydrogens (tertiary/aromatic N) is 4. The highest BCUT2D eigenvalue weighted by atomic mass is 32.2. The van der Waals surface area contributed by atoms with E-state index in [0.29, 0.717) is 0 Å². The van der Waals surface area contributed by atoms with Crippen molar-refractivity contribution in [3.8, 4) is 0 Å². The second kappa shape index (κ2) is 6.08. The molecule has 0 amide bonds. The molecule has 3 aromatic rings. The van der Waals surface area contributed by atoms with Gasteiger partial charge in [-0.15, -0.1) is 10.2 Å². The van der Waals surface area contributed by atoms with Gasteiger partial charge in [-0.05, 0) is 24.6 Å². The van der Waals surface area contributed by atoms with Crippen LogP contribution >= 0.6 is 11.8 Å². The molecule has 116 valence electrons. The minimum Gasteiger partial charge on any atom is -0.309 e. The van der Waals surface area contributed by atoms with E-state index in [0.717, 1.165) is 29.9 Å². The Balaban J connectivity index is 1.51. The van der Waals surface area contributed by atoms with Gasteiger partial charge in [0.1, 0.15) is 0 Å². The lowest BCUT2D eigenvalue weighted by molar-refractivity contribution is 0.704. The lowest BCUT2D eigenvalue weighted by Gasteiger charge is -2.14. The molecule has 0 atom stereocenters. The maximum atomic E-state index is 4.40. The van der Waals surface area contributed by atoms with Crippen molar-refractivity contribution in [1.82, 2.24) is 14.8 Å². The molecule has 4 rings (SSSR count). The summed E-state index contributed by atoms with van der Waals surface area (Å²) in [4.78, 5) is 2.23. The van der Waals surface area contributed by atoms with Gasteiger partial charge in [0.05, 0.1) is 0 Å². The Morgan fingerprint density at radius 1 is 0.957 bits per heavy atom. The first-order valence-corrected chi connectivity index (χ1v) is 8.74. The van der Waals surface area contributed by atoms with Crippen molar-refractivity contribution < 1.29 is 0 Å². The van der Waals surface area contributed by atoms with Crippen LogP contribution in [0.15, 0.2) is 59.8 Å². The summed E-state index contributed by atoms with van der Waals surface area (Å²) in [7, 11) is 0. The first kappa shape index (κ1) is 14.3. The summed E-state index contributed by atoms with van der Waals surface area (Å²) in [6, 6.07) is 19.0. The van der Waals surface area contributed by atoms with E-state index in [4.69, 9.17) is 0 Å². The van der Waals surface area contributed by atoms with Crippen LogP contribution in [0, 0.1) is 6.92 Å². The number of anilines is 2. The highest BCUT2D eigenvalue weighted by molar-refractivity contribution is 7.98. The Morgan fingerprint density at radius 2 is 1.74 bits per heavy atom. The molecule has 4 nitrogen and oxygen atoms in total. The fraction of sp³-hybridized carbons (Fsp3) is 0.222. The molecular formula is C18H18N4S. The predicted octanol–water partition coefficient (Wildman–Crippen LogP) is 4.03. The summed E-state index contributed by atoms with van der Waals surface area (Å²) in [6.45, 7) is 4.00. The molecule has 1 aliphatic rings. The van der Waals surface area contributed by atoms with Crippen LogP contribution in [0.2, 0.25) is 0 Å². The van der Waals surface area contributed by atoms with Crippen LogP contribution in [0.25, 0.3) is 0 Å². The van der Waals surface area contributed by atoms with Crippen LogP contribution in [0.3, 0.4) is 0 Å². The Bertz CT molecular complexity index is 796. The first-order valence-electron chi connectivity index (χ1n) is 7.75. The fourth-order valence-electron chi connectivity index (χ4n) is 2.77. The number of hydrogen-bond donors (Lipinski definition) is 0. The number of para-hydroxylation sites is 1. The molecular weight excluding hydrogens is 304 g/mol. The molecule has 0 spiro atoms. The van der Waals surface area contributed by atoms with Gasteiger partial charge in [0.25, 0.3) is 0 Å². The summed E-state index contributed by atoms with van der Waals surface area (Å²) < 4.78 is 2.21. The van der Waals surface area contributed by atoms with Crippen molar-refractivity contribution >= 4 is 23.4 Å². The van der Waals surface area contributed by atoms with E-state index in [9.17, 15) is 0 Å². The number of rotatable bonds is 4. The quantitative estimate of drug-likeness (QED) is 0.679. The number of thioether (sulfide) groups is 1. The first-order chi connectivity index (χ1) is 11.3. The molecule has 0 fully saturated rings. The Labute approximate surface area is 140 Å². The monoisotopic (exact) mass is 322 g/mol. The lowest BCUT2D eigenvalue weighted by atomic mass is 10.2. The minimum absolute atomic E-state index is 0.920. The van der Waals surface area contributed by atoms with Gasteiger partial charge in [-0.1, -0.05) is 59.8 Å². The highest BCUT2D eigenvalue weighted by Gasteiger charge is 2.25. The maximum Gasteiger partial charge on any atom is 0.232 e. The van der Waals surface area contributed by atoms with Crippen molar-refractivity contribution in [1.29, 1.82) is 0 Å². The maximum absolute atomic E-state index is 4.40. The molecule has 0 saturated heterocycles. The highest BCUT2D eigenvalue weighted by Crippen LogP contribution is 2.32. The van der Waals surface area contributed by atoms with Crippen molar-refractivity contribution in [3.05, 3.63) is 65.7 Å². The smallest absolute Gasteiger partial charge is 0.232 e. The third-order valence-electron chi connectivity index (χ3n) is 4.04. The average Bonchev–Trinajstić information content (AvgIpc) is 3.17. The van der Waals surface area contributed by atoms with Gasteiger partial charge in [-0.25, -0.2) is 0 Å². The van der Waals surface area contributed by atoms with Crippen LogP contribution in [0.1, 0.15) is 11.1 Å². The van der Waals surface area contributed by atoms with Gasteiger partial charge in [0.2, 0.25) is 5.95 Å². The van der Waals surface area contributed by atoms with Gasteiger partial charge in [-0.3, -0.25) is 4.57 Å². The zero-order valence-corrected chi connectivity index (χ0v) is 13.8. The van der Waals surface area contributed by atoms with Crippen LogP contribution < -0.4 is 4.90 Å². The van der Waals surface area contributed by atoms with Crippen LogP contribution in [0.4, 0.5) is 11.6 Å². The molecule has 0 unspecified atom stereocenters. The number of aryl methyl sites for hydroxylation is 1. The van der Waals surface area contributed by atoms with E-state index in [1.54, 1.807) is 11.8 Å². The Kier molecular flexibility index (Phi) is 3.79. The molecule has 5 heteroatoms. The topological polar surface area (TPSA) is 34.0 Å². The zero-order valence-electron chi connectivity index (χ0n) is 13.0. The van der Waals surface area contributed by atoms with E-state index < -0.39 is 0 Å². The van der Waals surface area contributed by atoms with E-state index in [-0.39, 0.29) is 0 Å². The molecule has 2 heterocycles. The van der Waals surface area contributed by atoms with Gasteiger partial charge in [0, 0.05) is 24.5 Å². The van der Waals surface area contributed by atoms with Gasteiger partial charge < -0.3 is 4.90 Å². The number of benzene rings is 2. The van der Waals surface area contributed by atoms with E-state index in [1.807, 2.05) is 6.07 Å². The van der Waals surface area contributed by atoms with E-state index in [2.05, 4.69) is 75.1 Å². The van der Waals surface area contributed by atoms with Crippen molar-refractivity contribution in [2.75, 3.05) is 11.4 Å². The molecule has 1 aromatic heterocycles. The largest absolute Gasteiger partial charge is 0.309 e. The Morgan fingerprint density at radius 3 is 2.52 bits per heavy atom.